The zero-order chi connectivity index (χ0) is 21.1. The summed E-state index contributed by atoms with van der Waals surface area (Å²) in [4.78, 5) is 26.9. The Labute approximate surface area is 175 Å². The summed E-state index contributed by atoms with van der Waals surface area (Å²) in [6.45, 7) is 4.18. The van der Waals surface area contributed by atoms with Crippen LogP contribution in [-0.4, -0.2) is 31.1 Å². The van der Waals surface area contributed by atoms with Gasteiger partial charge in [-0.15, -0.1) is 0 Å². The highest BCUT2D eigenvalue weighted by molar-refractivity contribution is 7.80. The predicted octanol–water partition coefficient (Wildman–Crippen LogP) is 3.66. The molecule has 0 atom stereocenters. The van der Waals surface area contributed by atoms with Crippen LogP contribution < -0.4 is 19.7 Å². The van der Waals surface area contributed by atoms with E-state index in [-0.39, 0.29) is 10.7 Å². The van der Waals surface area contributed by atoms with E-state index in [2.05, 4.69) is 19.2 Å². The molecule has 6 nitrogen and oxygen atoms in total. The monoisotopic (exact) mass is 410 g/mol. The van der Waals surface area contributed by atoms with Crippen LogP contribution in [0.25, 0.3) is 6.08 Å². The minimum Gasteiger partial charge on any atom is -0.497 e. The lowest BCUT2D eigenvalue weighted by Gasteiger charge is -2.29. The average Bonchev–Trinajstić information content (AvgIpc) is 2.71. The van der Waals surface area contributed by atoms with Crippen LogP contribution in [0, 0.1) is 0 Å². The van der Waals surface area contributed by atoms with E-state index in [9.17, 15) is 9.59 Å². The van der Waals surface area contributed by atoms with Crippen LogP contribution in [0.3, 0.4) is 0 Å². The van der Waals surface area contributed by atoms with Crippen molar-refractivity contribution in [1.82, 2.24) is 5.32 Å². The van der Waals surface area contributed by atoms with E-state index >= 15 is 0 Å². The van der Waals surface area contributed by atoms with Crippen molar-refractivity contribution in [2.24, 2.45) is 0 Å². The topological polar surface area (TPSA) is 67.9 Å². The molecule has 29 heavy (non-hydrogen) atoms. The Morgan fingerprint density at radius 1 is 1.03 bits per heavy atom. The van der Waals surface area contributed by atoms with Gasteiger partial charge in [-0.3, -0.25) is 19.8 Å². The molecule has 0 unspecified atom stereocenters. The molecule has 3 rings (SSSR count). The predicted molar refractivity (Wildman–Crippen MR) is 116 cm³/mol. The Bertz CT molecular complexity index is 996. The van der Waals surface area contributed by atoms with Gasteiger partial charge in [-0.1, -0.05) is 26.0 Å². The van der Waals surface area contributed by atoms with Crippen molar-refractivity contribution in [3.8, 4) is 11.5 Å². The number of amides is 2. The van der Waals surface area contributed by atoms with Gasteiger partial charge in [0.25, 0.3) is 11.8 Å². The molecule has 0 aliphatic carbocycles. The quantitative estimate of drug-likeness (QED) is 0.463. The standard InChI is InChI=1S/C22H22N2O4S/c1-13(2)14-5-8-16(9-6-14)24-21(26)18(20(25)23-22(24)29)11-15-7-10-17(27-3)12-19(15)28-4/h5-13H,1-4H3,(H,23,25,29)/b18-11+. The van der Waals surface area contributed by atoms with Crippen LogP contribution in [0.4, 0.5) is 5.69 Å². The summed E-state index contributed by atoms with van der Waals surface area (Å²) < 4.78 is 10.5. The largest absolute Gasteiger partial charge is 0.497 e. The number of carbonyl (C=O) groups excluding carboxylic acids is 2. The van der Waals surface area contributed by atoms with Crippen LogP contribution in [0.1, 0.15) is 30.9 Å². The molecule has 1 N–H and O–H groups in total. The number of nitrogens with zero attached hydrogens (tertiary/aromatic N) is 1. The zero-order valence-electron chi connectivity index (χ0n) is 16.7. The Kier molecular flexibility index (Phi) is 5.98. The third-order valence-electron chi connectivity index (χ3n) is 4.66. The Balaban J connectivity index is 2.00. The summed E-state index contributed by atoms with van der Waals surface area (Å²) in [7, 11) is 3.06. The maximum Gasteiger partial charge on any atom is 0.270 e. The number of hydrogen-bond donors (Lipinski definition) is 1. The summed E-state index contributed by atoms with van der Waals surface area (Å²) in [5.74, 6) is 0.419. The number of nitrogens with one attached hydrogen (secondary N) is 1. The van der Waals surface area contributed by atoms with Crippen molar-refractivity contribution in [2.75, 3.05) is 19.1 Å². The van der Waals surface area contributed by atoms with E-state index in [1.807, 2.05) is 24.3 Å². The van der Waals surface area contributed by atoms with E-state index in [1.165, 1.54) is 18.1 Å². The van der Waals surface area contributed by atoms with E-state index in [1.54, 1.807) is 25.3 Å². The SMILES string of the molecule is COc1ccc(/C=C2\C(=O)NC(=S)N(c3ccc(C(C)C)cc3)C2=O)c(OC)c1. The first-order valence-electron chi connectivity index (χ1n) is 9.09. The van der Waals surface area contributed by atoms with Crippen molar-refractivity contribution in [1.29, 1.82) is 0 Å². The van der Waals surface area contributed by atoms with Crippen LogP contribution in [0.2, 0.25) is 0 Å². The smallest absolute Gasteiger partial charge is 0.270 e. The van der Waals surface area contributed by atoms with Crippen LogP contribution in [-0.2, 0) is 9.59 Å². The van der Waals surface area contributed by atoms with E-state index < -0.39 is 11.8 Å². The molecule has 0 aromatic heterocycles. The van der Waals surface area contributed by atoms with Gasteiger partial charge in [0.05, 0.1) is 19.9 Å². The fourth-order valence-electron chi connectivity index (χ4n) is 2.99. The van der Waals surface area contributed by atoms with Crippen molar-refractivity contribution in [3.05, 3.63) is 59.2 Å². The summed E-state index contributed by atoms with van der Waals surface area (Å²) in [6.07, 6.45) is 1.49. The van der Waals surface area contributed by atoms with Crippen molar-refractivity contribution >= 4 is 40.9 Å². The van der Waals surface area contributed by atoms with Gasteiger partial charge in [0.2, 0.25) is 0 Å². The van der Waals surface area contributed by atoms with Crippen molar-refractivity contribution in [3.63, 3.8) is 0 Å². The number of hydrogen-bond acceptors (Lipinski definition) is 5. The van der Waals surface area contributed by atoms with Crippen molar-refractivity contribution in [2.45, 2.75) is 19.8 Å². The molecule has 2 amide bonds. The van der Waals surface area contributed by atoms with Gasteiger partial charge in [-0.25, -0.2) is 0 Å². The number of benzene rings is 2. The minimum absolute atomic E-state index is 0.0324. The normalized spacial score (nSPS) is 15.7. The summed E-state index contributed by atoms with van der Waals surface area (Å²) >= 11 is 5.25. The van der Waals surface area contributed by atoms with Crippen LogP contribution in [0.5, 0.6) is 11.5 Å². The Morgan fingerprint density at radius 3 is 2.31 bits per heavy atom. The molecule has 1 saturated heterocycles. The molecule has 1 aliphatic rings. The molecule has 150 valence electrons. The third-order valence-corrected chi connectivity index (χ3v) is 4.94. The highest BCUT2D eigenvalue weighted by atomic mass is 32.1. The molecule has 1 aliphatic heterocycles. The number of methoxy groups -OCH3 is 2. The Morgan fingerprint density at radius 2 is 1.72 bits per heavy atom. The maximum atomic E-state index is 13.1. The minimum atomic E-state index is -0.548. The van der Waals surface area contributed by atoms with Gasteiger partial charge in [0.15, 0.2) is 5.11 Å². The van der Waals surface area contributed by atoms with E-state index in [4.69, 9.17) is 21.7 Å². The molecule has 0 saturated carbocycles. The molecule has 0 spiro atoms. The molecular formula is C22H22N2O4S. The number of ether oxygens (including phenoxy) is 2. The molecule has 7 heteroatoms. The van der Waals surface area contributed by atoms with Gasteiger partial charge < -0.3 is 9.47 Å². The lowest BCUT2D eigenvalue weighted by atomic mass is 10.0. The first-order chi connectivity index (χ1) is 13.8. The Hall–Kier alpha value is -3.19. The number of thiocarbonyl (C=S) groups is 1. The summed E-state index contributed by atoms with van der Waals surface area (Å²) in [6, 6.07) is 12.7. The van der Waals surface area contributed by atoms with Gasteiger partial charge in [0.1, 0.15) is 17.1 Å². The van der Waals surface area contributed by atoms with Gasteiger partial charge in [0, 0.05) is 11.6 Å². The second-order valence-electron chi connectivity index (χ2n) is 6.81. The molecule has 1 fully saturated rings. The lowest BCUT2D eigenvalue weighted by molar-refractivity contribution is -0.122. The fraction of sp³-hybridized carbons (Fsp3) is 0.227. The zero-order valence-corrected chi connectivity index (χ0v) is 17.5. The summed E-state index contributed by atoms with van der Waals surface area (Å²) in [5.41, 5.74) is 2.29. The summed E-state index contributed by atoms with van der Waals surface area (Å²) in [5, 5.41) is 2.64. The van der Waals surface area contributed by atoms with Gasteiger partial charge in [-0.2, -0.15) is 0 Å². The number of anilines is 1. The first-order valence-corrected chi connectivity index (χ1v) is 9.50. The second kappa shape index (κ2) is 8.45. The molecule has 2 aromatic carbocycles. The molecule has 2 aromatic rings. The highest BCUT2D eigenvalue weighted by Gasteiger charge is 2.34. The fourth-order valence-corrected chi connectivity index (χ4v) is 3.27. The van der Waals surface area contributed by atoms with E-state index in [0.29, 0.717) is 28.7 Å². The second-order valence-corrected chi connectivity index (χ2v) is 7.20. The molecular weight excluding hydrogens is 388 g/mol. The molecule has 1 heterocycles. The number of carbonyl (C=O) groups is 2. The highest BCUT2D eigenvalue weighted by Crippen LogP contribution is 2.29. The third kappa shape index (κ3) is 4.14. The van der Waals surface area contributed by atoms with E-state index in [0.717, 1.165) is 5.56 Å². The molecule has 0 bridgehead atoms. The van der Waals surface area contributed by atoms with Crippen LogP contribution in [0.15, 0.2) is 48.0 Å². The molecule has 0 radical (unpaired) electrons. The van der Waals surface area contributed by atoms with Gasteiger partial charge in [-0.05, 0) is 54.0 Å². The van der Waals surface area contributed by atoms with Crippen LogP contribution >= 0.6 is 12.2 Å². The average molecular weight is 410 g/mol. The van der Waals surface area contributed by atoms with Gasteiger partial charge >= 0.3 is 0 Å². The van der Waals surface area contributed by atoms with Crippen molar-refractivity contribution < 1.29 is 19.1 Å². The first kappa shape index (κ1) is 20.5. The number of rotatable bonds is 5. The lowest BCUT2D eigenvalue weighted by Crippen LogP contribution is -2.54. The maximum absolute atomic E-state index is 13.1.